The smallest absolute Gasteiger partial charge is 0.126 e. The first kappa shape index (κ1) is 13.1. The van der Waals surface area contributed by atoms with Crippen LogP contribution in [0.25, 0.3) is 0 Å². The number of hydrazine groups is 1. The Labute approximate surface area is 97.0 Å². The van der Waals surface area contributed by atoms with Crippen LogP contribution < -0.4 is 11.3 Å². The Morgan fingerprint density at radius 3 is 2.62 bits per heavy atom. The predicted octanol–water partition coefficient (Wildman–Crippen LogP) is 2.64. The van der Waals surface area contributed by atoms with Crippen LogP contribution in [0.2, 0.25) is 0 Å². The van der Waals surface area contributed by atoms with E-state index in [0.717, 1.165) is 18.4 Å². The normalized spacial score (nSPS) is 14.8. The second-order valence-electron chi connectivity index (χ2n) is 4.33. The van der Waals surface area contributed by atoms with Crippen LogP contribution in [0, 0.1) is 11.7 Å². The Bertz CT molecular complexity index is 315. The number of hydrogen-bond acceptors (Lipinski definition) is 2. The highest BCUT2D eigenvalue weighted by Crippen LogP contribution is 2.16. The Hall–Kier alpha value is -0.930. The Morgan fingerprint density at radius 1 is 1.38 bits per heavy atom. The molecule has 1 aromatic carbocycles. The van der Waals surface area contributed by atoms with Crippen molar-refractivity contribution >= 4 is 0 Å². The highest BCUT2D eigenvalue weighted by atomic mass is 19.1. The van der Waals surface area contributed by atoms with Gasteiger partial charge in [-0.1, -0.05) is 38.5 Å². The zero-order valence-corrected chi connectivity index (χ0v) is 10.0. The summed E-state index contributed by atoms with van der Waals surface area (Å²) < 4.78 is 13.5. The molecule has 0 aliphatic heterocycles. The third-order valence-corrected chi connectivity index (χ3v) is 3.04. The summed E-state index contributed by atoms with van der Waals surface area (Å²) in [6, 6.07) is 7.01. The van der Waals surface area contributed by atoms with E-state index in [9.17, 15) is 4.39 Å². The number of halogens is 1. The van der Waals surface area contributed by atoms with Crippen LogP contribution in [-0.2, 0) is 6.42 Å². The van der Waals surface area contributed by atoms with Crippen molar-refractivity contribution in [3.8, 4) is 0 Å². The van der Waals surface area contributed by atoms with Gasteiger partial charge in [0.1, 0.15) is 5.82 Å². The van der Waals surface area contributed by atoms with Gasteiger partial charge in [-0.3, -0.25) is 11.3 Å². The maximum atomic E-state index is 13.5. The summed E-state index contributed by atoms with van der Waals surface area (Å²) >= 11 is 0. The quantitative estimate of drug-likeness (QED) is 0.576. The van der Waals surface area contributed by atoms with Crippen LogP contribution in [-0.4, -0.2) is 6.04 Å². The SMILES string of the molecule is CCCC(C)C(Cc1ccccc1F)NN. The summed E-state index contributed by atoms with van der Waals surface area (Å²) in [5.74, 6) is 5.84. The van der Waals surface area contributed by atoms with Crippen LogP contribution in [0.3, 0.4) is 0 Å². The summed E-state index contributed by atoms with van der Waals surface area (Å²) in [5.41, 5.74) is 3.53. The van der Waals surface area contributed by atoms with Gasteiger partial charge in [0.15, 0.2) is 0 Å². The summed E-state index contributed by atoms with van der Waals surface area (Å²) in [5, 5.41) is 0. The number of nitrogens with two attached hydrogens (primary N) is 1. The van der Waals surface area contributed by atoms with E-state index < -0.39 is 0 Å². The zero-order chi connectivity index (χ0) is 12.0. The molecule has 16 heavy (non-hydrogen) atoms. The van der Waals surface area contributed by atoms with E-state index in [-0.39, 0.29) is 11.9 Å². The molecule has 0 aliphatic carbocycles. The maximum Gasteiger partial charge on any atom is 0.126 e. The summed E-state index contributed by atoms with van der Waals surface area (Å²) in [4.78, 5) is 0. The third kappa shape index (κ3) is 3.58. The molecule has 0 amide bonds. The minimum Gasteiger partial charge on any atom is -0.271 e. The molecular weight excluding hydrogens is 203 g/mol. The molecule has 3 N–H and O–H groups in total. The van der Waals surface area contributed by atoms with Crippen molar-refractivity contribution in [3.63, 3.8) is 0 Å². The van der Waals surface area contributed by atoms with Crippen molar-refractivity contribution in [1.29, 1.82) is 0 Å². The van der Waals surface area contributed by atoms with Gasteiger partial charge in [-0.25, -0.2) is 4.39 Å². The fraction of sp³-hybridized carbons (Fsp3) is 0.538. The molecule has 90 valence electrons. The van der Waals surface area contributed by atoms with E-state index in [1.807, 2.05) is 12.1 Å². The lowest BCUT2D eigenvalue weighted by molar-refractivity contribution is 0.353. The van der Waals surface area contributed by atoms with E-state index in [2.05, 4.69) is 19.3 Å². The molecule has 0 saturated carbocycles. The van der Waals surface area contributed by atoms with Crippen LogP contribution >= 0.6 is 0 Å². The van der Waals surface area contributed by atoms with Crippen LogP contribution in [0.15, 0.2) is 24.3 Å². The Morgan fingerprint density at radius 2 is 2.06 bits per heavy atom. The Kier molecular flexibility index (Phi) is 5.43. The largest absolute Gasteiger partial charge is 0.271 e. The second-order valence-corrected chi connectivity index (χ2v) is 4.33. The van der Waals surface area contributed by atoms with Crippen molar-refractivity contribution in [2.75, 3.05) is 0 Å². The molecule has 1 aromatic rings. The minimum absolute atomic E-state index is 0.136. The standard InChI is InChI=1S/C13H21FN2/c1-3-6-10(2)13(16-15)9-11-7-4-5-8-12(11)14/h4-5,7-8,10,13,16H,3,6,9,15H2,1-2H3. The molecule has 0 bridgehead atoms. The van der Waals surface area contributed by atoms with Crippen molar-refractivity contribution in [3.05, 3.63) is 35.6 Å². The lowest BCUT2D eigenvalue weighted by Gasteiger charge is -2.23. The van der Waals surface area contributed by atoms with Gasteiger partial charge in [0.2, 0.25) is 0 Å². The molecular formula is C13H21FN2. The highest BCUT2D eigenvalue weighted by Gasteiger charge is 2.16. The lowest BCUT2D eigenvalue weighted by atomic mass is 9.92. The van der Waals surface area contributed by atoms with E-state index in [1.165, 1.54) is 6.07 Å². The molecule has 0 heterocycles. The summed E-state index contributed by atoms with van der Waals surface area (Å²) in [6.45, 7) is 4.29. The number of rotatable bonds is 6. The third-order valence-electron chi connectivity index (χ3n) is 3.04. The predicted molar refractivity (Wildman–Crippen MR) is 65.3 cm³/mol. The van der Waals surface area contributed by atoms with E-state index in [0.29, 0.717) is 12.3 Å². The molecule has 0 spiro atoms. The van der Waals surface area contributed by atoms with E-state index in [1.54, 1.807) is 6.07 Å². The molecule has 0 aromatic heterocycles. The molecule has 0 aliphatic rings. The highest BCUT2D eigenvalue weighted by molar-refractivity contribution is 5.18. The molecule has 3 heteroatoms. The van der Waals surface area contributed by atoms with E-state index >= 15 is 0 Å². The molecule has 2 nitrogen and oxygen atoms in total. The number of nitrogens with one attached hydrogen (secondary N) is 1. The van der Waals surface area contributed by atoms with Gasteiger partial charge in [0.25, 0.3) is 0 Å². The first-order chi connectivity index (χ1) is 7.69. The van der Waals surface area contributed by atoms with E-state index in [4.69, 9.17) is 5.84 Å². The maximum absolute atomic E-state index is 13.5. The van der Waals surface area contributed by atoms with Gasteiger partial charge in [0.05, 0.1) is 0 Å². The van der Waals surface area contributed by atoms with Crippen molar-refractivity contribution in [2.45, 2.75) is 39.2 Å². The topological polar surface area (TPSA) is 38.0 Å². The van der Waals surface area contributed by atoms with Gasteiger partial charge in [-0.15, -0.1) is 0 Å². The van der Waals surface area contributed by atoms with Crippen molar-refractivity contribution in [1.82, 2.24) is 5.43 Å². The molecule has 0 saturated heterocycles. The molecule has 2 atom stereocenters. The molecule has 2 unspecified atom stereocenters. The Balaban J connectivity index is 2.66. The zero-order valence-electron chi connectivity index (χ0n) is 10.0. The van der Waals surface area contributed by atoms with Gasteiger partial charge in [-0.05, 0) is 30.4 Å². The summed E-state index contributed by atoms with van der Waals surface area (Å²) in [7, 11) is 0. The van der Waals surface area contributed by atoms with Gasteiger partial charge in [0, 0.05) is 6.04 Å². The van der Waals surface area contributed by atoms with Gasteiger partial charge < -0.3 is 0 Å². The average molecular weight is 224 g/mol. The number of benzene rings is 1. The van der Waals surface area contributed by atoms with Crippen LogP contribution in [0.1, 0.15) is 32.3 Å². The second kappa shape index (κ2) is 6.61. The minimum atomic E-state index is -0.147. The summed E-state index contributed by atoms with van der Waals surface area (Å²) in [6.07, 6.45) is 2.87. The molecule has 1 rings (SSSR count). The van der Waals surface area contributed by atoms with Gasteiger partial charge in [-0.2, -0.15) is 0 Å². The first-order valence-electron chi connectivity index (χ1n) is 5.88. The molecule has 0 fully saturated rings. The lowest BCUT2D eigenvalue weighted by Crippen LogP contribution is -2.41. The monoisotopic (exact) mass is 224 g/mol. The van der Waals surface area contributed by atoms with Crippen molar-refractivity contribution < 1.29 is 4.39 Å². The number of hydrogen-bond donors (Lipinski definition) is 2. The fourth-order valence-electron chi connectivity index (χ4n) is 1.98. The fourth-order valence-corrected chi connectivity index (χ4v) is 1.98. The first-order valence-corrected chi connectivity index (χ1v) is 5.88. The average Bonchev–Trinajstić information content (AvgIpc) is 2.28. The van der Waals surface area contributed by atoms with Gasteiger partial charge >= 0.3 is 0 Å². The van der Waals surface area contributed by atoms with Crippen LogP contribution in [0.5, 0.6) is 0 Å². The molecule has 0 radical (unpaired) electrons. The van der Waals surface area contributed by atoms with Crippen LogP contribution in [0.4, 0.5) is 4.39 Å². The van der Waals surface area contributed by atoms with Crippen molar-refractivity contribution in [2.24, 2.45) is 11.8 Å².